The highest BCUT2D eigenvalue weighted by atomic mass is 79.9. The van der Waals surface area contributed by atoms with Crippen molar-refractivity contribution < 1.29 is 13.6 Å². The summed E-state index contributed by atoms with van der Waals surface area (Å²) in [5.74, 6) is -3.71. The normalized spacial score (nSPS) is 11.5. The van der Waals surface area contributed by atoms with E-state index >= 15 is 0 Å². The van der Waals surface area contributed by atoms with Gasteiger partial charge in [0.05, 0.1) is 36.2 Å². The summed E-state index contributed by atoms with van der Waals surface area (Å²) in [5, 5.41) is 6.41. The Bertz CT molecular complexity index is 685. The fraction of sp³-hybridized carbons (Fsp3) is 0.333. The highest BCUT2D eigenvalue weighted by Crippen LogP contribution is 2.19. The number of hydrogen-bond acceptors (Lipinski definition) is 3. The van der Waals surface area contributed by atoms with Crippen LogP contribution in [0.15, 0.2) is 34.9 Å². The molecule has 0 fully saturated rings. The van der Waals surface area contributed by atoms with Crippen molar-refractivity contribution in [2.75, 3.05) is 13.1 Å². The fourth-order valence-electron chi connectivity index (χ4n) is 2.09. The number of carbonyl (C=O) groups is 1. The number of aromatic nitrogens is 2. The highest BCUT2D eigenvalue weighted by Gasteiger charge is 2.28. The molecular formula is C15H17BrF2N4O. The van der Waals surface area contributed by atoms with Gasteiger partial charge < -0.3 is 11.1 Å². The van der Waals surface area contributed by atoms with Crippen LogP contribution in [0, 0.1) is 0 Å². The zero-order chi connectivity index (χ0) is 17.0. The predicted octanol–water partition coefficient (Wildman–Crippen LogP) is 2.52. The zero-order valence-corrected chi connectivity index (χ0v) is 14.1. The molecule has 124 valence electrons. The van der Waals surface area contributed by atoms with Crippen LogP contribution in [0.5, 0.6) is 0 Å². The molecule has 1 aromatic carbocycles. The molecule has 0 aliphatic carbocycles. The van der Waals surface area contributed by atoms with Crippen molar-refractivity contribution in [1.82, 2.24) is 15.1 Å². The summed E-state index contributed by atoms with van der Waals surface area (Å²) >= 11 is 3.35. The molecule has 2 rings (SSSR count). The monoisotopic (exact) mass is 386 g/mol. The molecule has 0 aliphatic heterocycles. The Balaban J connectivity index is 2.24. The van der Waals surface area contributed by atoms with Crippen LogP contribution >= 0.6 is 15.9 Å². The minimum atomic E-state index is -3.12. The molecule has 23 heavy (non-hydrogen) atoms. The average molecular weight is 387 g/mol. The largest absolute Gasteiger partial charge is 0.346 e. The van der Waals surface area contributed by atoms with E-state index in [1.807, 2.05) is 31.2 Å². The second kappa shape index (κ2) is 7.18. The molecule has 8 heteroatoms. The number of rotatable bonds is 6. The van der Waals surface area contributed by atoms with Gasteiger partial charge in [-0.2, -0.15) is 5.10 Å². The van der Waals surface area contributed by atoms with Crippen molar-refractivity contribution in [2.24, 2.45) is 5.73 Å². The summed E-state index contributed by atoms with van der Waals surface area (Å²) in [6.07, 6.45) is 1.92. The quantitative estimate of drug-likeness (QED) is 0.800. The van der Waals surface area contributed by atoms with Crippen LogP contribution in [-0.2, 0) is 6.42 Å². The molecule has 0 aliphatic rings. The lowest BCUT2D eigenvalue weighted by atomic mass is 10.2. The third kappa shape index (κ3) is 4.14. The third-order valence-corrected chi connectivity index (χ3v) is 3.85. The predicted molar refractivity (Wildman–Crippen MR) is 87.0 cm³/mol. The van der Waals surface area contributed by atoms with Crippen LogP contribution in [-0.4, -0.2) is 34.7 Å². The molecule has 0 spiro atoms. The van der Waals surface area contributed by atoms with Crippen molar-refractivity contribution in [3.63, 3.8) is 0 Å². The van der Waals surface area contributed by atoms with Crippen molar-refractivity contribution in [1.29, 1.82) is 0 Å². The van der Waals surface area contributed by atoms with Crippen LogP contribution in [0.25, 0.3) is 5.69 Å². The first kappa shape index (κ1) is 17.6. The van der Waals surface area contributed by atoms with Crippen molar-refractivity contribution in [2.45, 2.75) is 19.3 Å². The van der Waals surface area contributed by atoms with Crippen LogP contribution in [0.3, 0.4) is 0 Å². The molecule has 5 nitrogen and oxygen atoms in total. The van der Waals surface area contributed by atoms with Gasteiger partial charge in [-0.1, -0.05) is 22.9 Å². The Labute approximate surface area is 141 Å². The van der Waals surface area contributed by atoms with E-state index in [-0.39, 0.29) is 5.56 Å². The molecule has 0 unspecified atom stereocenters. The fourth-order valence-corrected chi connectivity index (χ4v) is 2.35. The Kier molecular flexibility index (Phi) is 5.48. The maximum Gasteiger partial charge on any atom is 0.277 e. The molecule has 0 radical (unpaired) electrons. The first-order valence-electron chi connectivity index (χ1n) is 7.07. The van der Waals surface area contributed by atoms with Gasteiger partial charge in [-0.3, -0.25) is 4.79 Å². The van der Waals surface area contributed by atoms with Gasteiger partial charge in [0.25, 0.3) is 11.8 Å². The number of nitrogens with two attached hydrogens (primary N) is 1. The number of alkyl halides is 2. The van der Waals surface area contributed by atoms with E-state index in [1.165, 1.54) is 6.20 Å². The average Bonchev–Trinajstić information content (AvgIpc) is 2.97. The first-order chi connectivity index (χ1) is 10.9. The molecule has 0 bridgehead atoms. The topological polar surface area (TPSA) is 72.9 Å². The Morgan fingerprint density at radius 3 is 2.61 bits per heavy atom. The molecule has 3 N–H and O–H groups in total. The summed E-state index contributed by atoms with van der Waals surface area (Å²) in [5.41, 5.74) is 6.68. The van der Waals surface area contributed by atoms with Gasteiger partial charge >= 0.3 is 0 Å². The maximum absolute atomic E-state index is 13.2. The van der Waals surface area contributed by atoms with Gasteiger partial charge in [0.2, 0.25) is 0 Å². The number of nitrogens with zero attached hydrogens (tertiary/aromatic N) is 2. The Morgan fingerprint density at radius 2 is 2.04 bits per heavy atom. The van der Waals surface area contributed by atoms with Gasteiger partial charge in [0.1, 0.15) is 0 Å². The Morgan fingerprint density at radius 1 is 1.39 bits per heavy atom. The van der Waals surface area contributed by atoms with Gasteiger partial charge in [0.15, 0.2) is 0 Å². The molecule has 0 saturated heterocycles. The number of amides is 1. The molecule has 1 heterocycles. The summed E-state index contributed by atoms with van der Waals surface area (Å²) < 4.78 is 28.9. The zero-order valence-electron chi connectivity index (χ0n) is 12.5. The van der Waals surface area contributed by atoms with Crippen molar-refractivity contribution >= 4 is 21.8 Å². The van der Waals surface area contributed by atoms with E-state index in [0.29, 0.717) is 12.1 Å². The van der Waals surface area contributed by atoms with Crippen LogP contribution in [0.2, 0.25) is 0 Å². The third-order valence-electron chi connectivity index (χ3n) is 3.33. The Hall–Kier alpha value is -1.80. The number of benzene rings is 1. The molecule has 0 saturated carbocycles. The smallest absolute Gasteiger partial charge is 0.277 e. The first-order valence-corrected chi connectivity index (χ1v) is 7.86. The number of halogens is 3. The minimum Gasteiger partial charge on any atom is -0.346 e. The SMILES string of the molecule is CCc1c(C(=O)NCC(F)(F)CN)cnn1-c1ccc(Br)cc1. The van der Waals surface area contributed by atoms with E-state index in [1.54, 1.807) is 4.68 Å². The van der Waals surface area contributed by atoms with Crippen molar-refractivity contribution in [3.8, 4) is 5.69 Å². The summed E-state index contributed by atoms with van der Waals surface area (Å²) in [6, 6.07) is 7.41. The van der Waals surface area contributed by atoms with Crippen LogP contribution in [0.4, 0.5) is 8.78 Å². The number of hydrogen-bond donors (Lipinski definition) is 2. The molecule has 1 amide bonds. The number of carbonyl (C=O) groups excluding carboxylic acids is 1. The second-order valence-corrected chi connectivity index (χ2v) is 5.91. The van der Waals surface area contributed by atoms with Gasteiger partial charge in [-0.15, -0.1) is 0 Å². The maximum atomic E-state index is 13.2. The van der Waals surface area contributed by atoms with Gasteiger partial charge in [-0.05, 0) is 30.7 Å². The minimum absolute atomic E-state index is 0.281. The van der Waals surface area contributed by atoms with Gasteiger partial charge in [0, 0.05) is 4.47 Å². The standard InChI is InChI=1S/C15H17BrF2N4O/c1-2-13-12(14(23)20-9-15(17,18)8-19)7-21-22(13)11-5-3-10(16)4-6-11/h3-7H,2,8-9,19H2,1H3,(H,20,23). The second-order valence-electron chi connectivity index (χ2n) is 4.99. The highest BCUT2D eigenvalue weighted by molar-refractivity contribution is 9.10. The van der Waals surface area contributed by atoms with E-state index in [4.69, 9.17) is 5.73 Å². The van der Waals surface area contributed by atoms with E-state index in [9.17, 15) is 13.6 Å². The lowest BCUT2D eigenvalue weighted by Crippen LogP contribution is -2.41. The molecule has 0 atom stereocenters. The number of nitrogens with one attached hydrogen (secondary N) is 1. The molecule has 2 aromatic rings. The summed E-state index contributed by atoms with van der Waals surface area (Å²) in [6.45, 7) is 0.263. The molecular weight excluding hydrogens is 370 g/mol. The van der Waals surface area contributed by atoms with E-state index in [2.05, 4.69) is 26.3 Å². The van der Waals surface area contributed by atoms with Crippen LogP contribution < -0.4 is 11.1 Å². The van der Waals surface area contributed by atoms with E-state index in [0.717, 1.165) is 10.2 Å². The lowest BCUT2D eigenvalue weighted by molar-refractivity contribution is 0.0118. The summed E-state index contributed by atoms with van der Waals surface area (Å²) in [7, 11) is 0. The molecule has 1 aromatic heterocycles. The summed E-state index contributed by atoms with van der Waals surface area (Å²) in [4.78, 5) is 12.1. The van der Waals surface area contributed by atoms with E-state index < -0.39 is 24.9 Å². The lowest BCUT2D eigenvalue weighted by Gasteiger charge is -2.14. The van der Waals surface area contributed by atoms with Crippen molar-refractivity contribution in [3.05, 3.63) is 46.2 Å². The van der Waals surface area contributed by atoms with Gasteiger partial charge in [-0.25, -0.2) is 13.5 Å². The van der Waals surface area contributed by atoms with Crippen LogP contribution in [0.1, 0.15) is 23.0 Å².